The molecule has 0 atom stereocenters. The van der Waals surface area contributed by atoms with Crippen molar-refractivity contribution >= 4 is 27.5 Å². The SMILES string of the molecule is COC(=O)C1=C(C(=O)OC)C2(c3ccccc3S(=O)(=O)c3ccccc32)n2c(=O)n(-c3ccccc3)c(=O)n21. The number of sulfone groups is 1. The van der Waals surface area contributed by atoms with Gasteiger partial charge in [-0.15, -0.1) is 0 Å². The zero-order chi connectivity index (χ0) is 27.7. The summed E-state index contributed by atoms with van der Waals surface area (Å²) in [6, 6.07) is 19.6. The van der Waals surface area contributed by atoms with Gasteiger partial charge in [0.25, 0.3) is 0 Å². The van der Waals surface area contributed by atoms with Crippen molar-refractivity contribution in [2.24, 2.45) is 0 Å². The molecule has 0 fully saturated rings. The van der Waals surface area contributed by atoms with E-state index in [4.69, 9.17) is 9.47 Å². The number of ether oxygens (including phenoxy) is 2. The Morgan fingerprint density at radius 3 is 1.77 bits per heavy atom. The van der Waals surface area contributed by atoms with Crippen molar-refractivity contribution in [2.45, 2.75) is 15.3 Å². The number of rotatable bonds is 3. The van der Waals surface area contributed by atoms with Gasteiger partial charge in [-0.05, 0) is 24.3 Å². The van der Waals surface area contributed by atoms with Crippen molar-refractivity contribution in [3.8, 4) is 5.69 Å². The van der Waals surface area contributed by atoms with Gasteiger partial charge in [-0.1, -0.05) is 54.6 Å². The smallest absolute Gasteiger partial charge is 0.357 e. The van der Waals surface area contributed by atoms with Crippen LogP contribution in [0.2, 0.25) is 0 Å². The molecule has 6 rings (SSSR count). The second-order valence-corrected chi connectivity index (χ2v) is 10.7. The van der Waals surface area contributed by atoms with Gasteiger partial charge >= 0.3 is 23.3 Å². The van der Waals surface area contributed by atoms with Crippen LogP contribution in [-0.2, 0) is 34.4 Å². The fourth-order valence-electron chi connectivity index (χ4n) is 5.51. The summed E-state index contributed by atoms with van der Waals surface area (Å²) < 4.78 is 40.1. The Hall–Kier alpha value is -4.97. The first-order valence-corrected chi connectivity index (χ1v) is 13.1. The molecule has 2 aliphatic rings. The number of fused-ring (bicyclic) bond motifs is 6. The van der Waals surface area contributed by atoms with E-state index < -0.39 is 50.0 Å². The normalized spacial score (nSPS) is 15.8. The van der Waals surface area contributed by atoms with Gasteiger partial charge in [-0.3, -0.25) is 0 Å². The molecule has 0 N–H and O–H groups in total. The summed E-state index contributed by atoms with van der Waals surface area (Å²) in [5.74, 6) is -2.16. The first-order valence-electron chi connectivity index (χ1n) is 11.6. The highest BCUT2D eigenvalue weighted by atomic mass is 32.2. The molecular weight excluding hydrogens is 526 g/mol. The van der Waals surface area contributed by atoms with Gasteiger partial charge in [0.15, 0.2) is 11.2 Å². The highest BCUT2D eigenvalue weighted by Gasteiger charge is 2.61. The molecule has 0 saturated carbocycles. The number of carbonyl (C=O) groups excluding carboxylic acids is 2. The maximum atomic E-state index is 14.3. The van der Waals surface area contributed by atoms with Crippen LogP contribution in [0.1, 0.15) is 11.1 Å². The predicted octanol–water partition coefficient (Wildman–Crippen LogP) is 1.31. The molecule has 3 heterocycles. The molecule has 0 aliphatic carbocycles. The predicted molar refractivity (Wildman–Crippen MR) is 136 cm³/mol. The molecule has 0 saturated heterocycles. The second kappa shape index (κ2) is 8.27. The topological polar surface area (TPSA) is 136 Å². The third kappa shape index (κ3) is 2.88. The summed E-state index contributed by atoms with van der Waals surface area (Å²) in [5.41, 5.74) is -4.78. The van der Waals surface area contributed by atoms with Crippen LogP contribution in [-0.4, -0.2) is 48.5 Å². The minimum atomic E-state index is -4.14. The van der Waals surface area contributed by atoms with E-state index in [9.17, 15) is 27.6 Å². The molecule has 196 valence electrons. The van der Waals surface area contributed by atoms with E-state index in [1.165, 1.54) is 60.7 Å². The Labute approximate surface area is 220 Å². The average molecular weight is 546 g/mol. The lowest BCUT2D eigenvalue weighted by atomic mass is 9.76. The lowest BCUT2D eigenvalue weighted by Crippen LogP contribution is -2.49. The first kappa shape index (κ1) is 24.4. The molecule has 0 unspecified atom stereocenters. The van der Waals surface area contributed by atoms with Crippen LogP contribution in [0.25, 0.3) is 11.4 Å². The molecule has 0 radical (unpaired) electrons. The molecule has 0 amide bonds. The van der Waals surface area contributed by atoms with Gasteiger partial charge in [-0.25, -0.2) is 36.8 Å². The molecule has 11 nitrogen and oxygen atoms in total. The number of carbonyl (C=O) groups is 2. The van der Waals surface area contributed by atoms with Crippen LogP contribution in [0, 0.1) is 0 Å². The zero-order valence-corrected chi connectivity index (χ0v) is 21.3. The average Bonchev–Trinajstić information content (AvgIpc) is 3.42. The molecule has 12 heteroatoms. The Morgan fingerprint density at radius 1 is 0.718 bits per heavy atom. The Morgan fingerprint density at radius 2 is 1.23 bits per heavy atom. The van der Waals surface area contributed by atoms with Crippen LogP contribution in [0.5, 0.6) is 0 Å². The fraction of sp³-hybridized carbons (Fsp3) is 0.111. The van der Waals surface area contributed by atoms with Gasteiger partial charge in [0.1, 0.15) is 5.57 Å². The van der Waals surface area contributed by atoms with Crippen molar-refractivity contribution in [3.05, 3.63) is 117 Å². The maximum Gasteiger partial charge on any atom is 0.357 e. The number of hydrogen-bond donors (Lipinski definition) is 0. The summed E-state index contributed by atoms with van der Waals surface area (Å²) >= 11 is 0. The van der Waals surface area contributed by atoms with Crippen molar-refractivity contribution in [2.75, 3.05) is 14.2 Å². The molecule has 3 aromatic carbocycles. The van der Waals surface area contributed by atoms with Crippen molar-refractivity contribution in [1.29, 1.82) is 0 Å². The number of hydrogen-bond acceptors (Lipinski definition) is 8. The highest BCUT2D eigenvalue weighted by Crippen LogP contribution is 2.53. The standard InChI is InChI=1S/C27H19N3O8S/c1-37-23(31)21-22(24(32)38-2)29-25(33)28(16-10-4-3-5-11-16)26(34)30(29)27(21)17-12-6-8-14-19(17)39(35,36)20-15-9-7-13-18(20)27/h3-15H,1-2H3. The van der Waals surface area contributed by atoms with Gasteiger partial charge in [-0.2, -0.15) is 4.68 Å². The lowest BCUT2D eigenvalue weighted by molar-refractivity contribution is -0.138. The maximum absolute atomic E-state index is 14.3. The number of esters is 2. The fourth-order valence-corrected chi connectivity index (χ4v) is 7.27. The van der Waals surface area contributed by atoms with Gasteiger partial charge in [0.05, 0.1) is 29.7 Å². The first-order chi connectivity index (χ1) is 18.7. The van der Waals surface area contributed by atoms with E-state index in [2.05, 4.69) is 0 Å². The number of para-hydroxylation sites is 1. The quantitative estimate of drug-likeness (QED) is 0.352. The number of aromatic nitrogens is 3. The number of benzene rings is 3. The summed E-state index contributed by atoms with van der Waals surface area (Å²) in [6.45, 7) is 0. The minimum absolute atomic E-state index is 0.0101. The molecule has 1 aromatic heterocycles. The number of methoxy groups -OCH3 is 2. The van der Waals surface area contributed by atoms with E-state index in [1.54, 1.807) is 18.2 Å². The van der Waals surface area contributed by atoms with Gasteiger partial charge in [0.2, 0.25) is 9.84 Å². The third-order valence-corrected chi connectivity index (χ3v) is 8.86. The van der Waals surface area contributed by atoms with Crippen LogP contribution in [0.3, 0.4) is 0 Å². The summed E-state index contributed by atoms with van der Waals surface area (Å²) in [5, 5.41) is 0. The molecule has 2 aliphatic heterocycles. The molecular formula is C27H19N3O8S. The monoisotopic (exact) mass is 545 g/mol. The van der Waals surface area contributed by atoms with Crippen LogP contribution in [0.4, 0.5) is 0 Å². The van der Waals surface area contributed by atoms with Crippen molar-refractivity contribution < 1.29 is 27.5 Å². The van der Waals surface area contributed by atoms with E-state index in [-0.39, 0.29) is 26.6 Å². The van der Waals surface area contributed by atoms with Crippen molar-refractivity contribution in [1.82, 2.24) is 13.9 Å². The summed E-state index contributed by atoms with van der Waals surface area (Å²) in [7, 11) is -2.00. The van der Waals surface area contributed by atoms with E-state index in [1.807, 2.05) is 0 Å². The molecule has 0 bridgehead atoms. The molecule has 1 spiro atoms. The third-order valence-electron chi connectivity index (χ3n) is 6.99. The van der Waals surface area contributed by atoms with Crippen LogP contribution in [0.15, 0.2) is 104 Å². The molecule has 39 heavy (non-hydrogen) atoms. The van der Waals surface area contributed by atoms with Crippen molar-refractivity contribution in [3.63, 3.8) is 0 Å². The second-order valence-electron chi connectivity index (χ2n) is 8.77. The molecule has 4 aromatic rings. The van der Waals surface area contributed by atoms with E-state index in [0.29, 0.717) is 0 Å². The van der Waals surface area contributed by atoms with Crippen LogP contribution < -0.4 is 11.4 Å². The minimum Gasteiger partial charge on any atom is -0.466 e. The van der Waals surface area contributed by atoms with Gasteiger partial charge < -0.3 is 9.47 Å². The Kier molecular flexibility index (Phi) is 5.17. The largest absolute Gasteiger partial charge is 0.466 e. The summed E-state index contributed by atoms with van der Waals surface area (Å²) in [4.78, 5) is 54.7. The Balaban J connectivity index is 1.94. The highest BCUT2D eigenvalue weighted by molar-refractivity contribution is 7.91. The zero-order valence-electron chi connectivity index (χ0n) is 20.5. The van der Waals surface area contributed by atoms with Gasteiger partial charge in [0, 0.05) is 11.1 Å². The van der Waals surface area contributed by atoms with E-state index in [0.717, 1.165) is 28.2 Å². The lowest BCUT2D eigenvalue weighted by Gasteiger charge is -2.38. The van der Waals surface area contributed by atoms with Crippen LogP contribution >= 0.6 is 0 Å². The number of nitrogens with zero attached hydrogens (tertiary/aromatic N) is 3. The van der Waals surface area contributed by atoms with E-state index >= 15 is 0 Å². The summed E-state index contributed by atoms with van der Waals surface area (Å²) in [6.07, 6.45) is 0. The Bertz CT molecular complexity index is 1930.